The van der Waals surface area contributed by atoms with Gasteiger partial charge in [-0.25, -0.2) is 8.42 Å². The number of benzene rings is 2. The molecular formula is C21H26N2O3S. The zero-order valence-electron chi connectivity index (χ0n) is 16.2. The number of nitrogens with one attached hydrogen (secondary N) is 1. The van der Waals surface area contributed by atoms with Gasteiger partial charge in [0.2, 0.25) is 10.0 Å². The van der Waals surface area contributed by atoms with E-state index in [1.165, 1.54) is 16.1 Å². The zero-order valence-corrected chi connectivity index (χ0v) is 17.0. The summed E-state index contributed by atoms with van der Waals surface area (Å²) in [5.41, 5.74) is 3.28. The molecule has 0 bridgehead atoms. The number of carbonyl (C=O) groups is 1. The van der Waals surface area contributed by atoms with Crippen molar-refractivity contribution in [1.82, 2.24) is 5.32 Å². The molecule has 0 spiro atoms. The number of nitrogens with zero attached hydrogens (tertiary/aromatic N) is 1. The van der Waals surface area contributed by atoms with Gasteiger partial charge in [-0.2, -0.15) is 0 Å². The predicted molar refractivity (Wildman–Crippen MR) is 109 cm³/mol. The SMILES string of the molecule is CC(C)(C)c1ccc(C(=O)NC2CCN(S(C)(=O)=O)c3ccccc32)cc1. The Bertz CT molecular complexity index is 944. The Kier molecular flexibility index (Phi) is 5.04. The molecule has 1 amide bonds. The molecule has 1 N–H and O–H groups in total. The molecule has 0 radical (unpaired) electrons. The van der Waals surface area contributed by atoms with Crippen LogP contribution in [0.25, 0.3) is 0 Å². The summed E-state index contributed by atoms with van der Waals surface area (Å²) in [5.74, 6) is -0.150. The number of carbonyl (C=O) groups excluding carboxylic acids is 1. The quantitative estimate of drug-likeness (QED) is 0.876. The van der Waals surface area contributed by atoms with Gasteiger partial charge in [0.05, 0.1) is 18.0 Å². The van der Waals surface area contributed by atoms with Crippen LogP contribution in [0, 0.1) is 0 Å². The van der Waals surface area contributed by atoms with Crippen molar-refractivity contribution in [2.24, 2.45) is 0 Å². The number of anilines is 1. The van der Waals surface area contributed by atoms with Crippen LogP contribution in [0.15, 0.2) is 48.5 Å². The van der Waals surface area contributed by atoms with Gasteiger partial charge in [-0.05, 0) is 41.2 Å². The first-order chi connectivity index (χ1) is 12.6. The minimum atomic E-state index is -3.34. The monoisotopic (exact) mass is 386 g/mol. The van der Waals surface area contributed by atoms with Gasteiger partial charge in [-0.15, -0.1) is 0 Å². The number of fused-ring (bicyclic) bond motifs is 1. The first kappa shape index (κ1) is 19.4. The summed E-state index contributed by atoms with van der Waals surface area (Å²) in [7, 11) is -3.34. The van der Waals surface area contributed by atoms with Crippen LogP contribution >= 0.6 is 0 Å². The maximum absolute atomic E-state index is 12.7. The number of amides is 1. The largest absolute Gasteiger partial charge is 0.345 e. The fourth-order valence-corrected chi connectivity index (χ4v) is 4.35. The van der Waals surface area contributed by atoms with Gasteiger partial charge in [0.25, 0.3) is 5.91 Å². The number of hydrogen-bond donors (Lipinski definition) is 1. The molecule has 1 unspecified atom stereocenters. The van der Waals surface area contributed by atoms with E-state index in [1.54, 1.807) is 6.07 Å². The van der Waals surface area contributed by atoms with Crippen LogP contribution in [0.1, 0.15) is 54.7 Å². The molecule has 0 saturated heterocycles. The lowest BCUT2D eigenvalue weighted by Crippen LogP contribution is -2.40. The molecule has 1 aliphatic heterocycles. The fraction of sp³-hybridized carbons (Fsp3) is 0.381. The second-order valence-electron chi connectivity index (χ2n) is 8.04. The van der Waals surface area contributed by atoms with Gasteiger partial charge < -0.3 is 5.32 Å². The molecule has 0 aromatic heterocycles. The number of hydrogen-bond acceptors (Lipinski definition) is 3. The van der Waals surface area contributed by atoms with Crippen molar-refractivity contribution < 1.29 is 13.2 Å². The Labute approximate surface area is 161 Å². The lowest BCUT2D eigenvalue weighted by Gasteiger charge is -2.34. The molecule has 5 nitrogen and oxygen atoms in total. The molecule has 1 heterocycles. The molecular weight excluding hydrogens is 360 g/mol. The molecule has 1 aliphatic rings. The minimum Gasteiger partial charge on any atom is -0.345 e. The van der Waals surface area contributed by atoms with E-state index < -0.39 is 10.0 Å². The Hall–Kier alpha value is -2.34. The maximum Gasteiger partial charge on any atom is 0.251 e. The van der Waals surface area contributed by atoms with E-state index in [2.05, 4.69) is 26.1 Å². The Morgan fingerprint density at radius 2 is 1.70 bits per heavy atom. The van der Waals surface area contributed by atoms with Crippen LogP contribution in [-0.2, 0) is 15.4 Å². The molecule has 144 valence electrons. The molecule has 0 fully saturated rings. The second-order valence-corrected chi connectivity index (χ2v) is 9.94. The summed E-state index contributed by atoms with van der Waals surface area (Å²) in [6.45, 7) is 6.75. The minimum absolute atomic E-state index is 0.0341. The Balaban J connectivity index is 1.82. The highest BCUT2D eigenvalue weighted by atomic mass is 32.2. The molecule has 1 atom stereocenters. The highest BCUT2D eigenvalue weighted by Crippen LogP contribution is 2.35. The molecule has 2 aromatic rings. The van der Waals surface area contributed by atoms with E-state index >= 15 is 0 Å². The van der Waals surface area contributed by atoms with Crippen LogP contribution in [0.5, 0.6) is 0 Å². The molecule has 0 saturated carbocycles. The van der Waals surface area contributed by atoms with Crippen LogP contribution in [0.4, 0.5) is 5.69 Å². The molecule has 2 aromatic carbocycles. The van der Waals surface area contributed by atoms with E-state index in [0.29, 0.717) is 24.2 Å². The van der Waals surface area contributed by atoms with E-state index in [4.69, 9.17) is 0 Å². The van der Waals surface area contributed by atoms with Gasteiger partial charge >= 0.3 is 0 Å². The number of rotatable bonds is 3. The van der Waals surface area contributed by atoms with Crippen molar-refractivity contribution in [2.75, 3.05) is 17.1 Å². The number of sulfonamides is 1. The summed E-state index contributed by atoms with van der Waals surface area (Å²) in [5, 5.41) is 3.06. The molecule has 6 heteroatoms. The van der Waals surface area contributed by atoms with Crippen molar-refractivity contribution >= 4 is 21.6 Å². The predicted octanol–water partition coefficient (Wildman–Crippen LogP) is 3.62. The number of para-hydroxylation sites is 1. The summed E-state index contributed by atoms with van der Waals surface area (Å²) >= 11 is 0. The summed E-state index contributed by atoms with van der Waals surface area (Å²) in [6, 6.07) is 14.8. The average Bonchev–Trinajstić information content (AvgIpc) is 2.60. The summed E-state index contributed by atoms with van der Waals surface area (Å²) < 4.78 is 25.5. The van der Waals surface area contributed by atoms with Crippen molar-refractivity contribution in [3.05, 3.63) is 65.2 Å². The average molecular weight is 387 g/mol. The fourth-order valence-electron chi connectivity index (χ4n) is 3.39. The van der Waals surface area contributed by atoms with Gasteiger partial charge in [0.15, 0.2) is 0 Å². The lowest BCUT2D eigenvalue weighted by molar-refractivity contribution is 0.0934. The molecule has 0 aliphatic carbocycles. The highest BCUT2D eigenvalue weighted by Gasteiger charge is 2.30. The van der Waals surface area contributed by atoms with Crippen LogP contribution in [0.3, 0.4) is 0 Å². The van der Waals surface area contributed by atoms with E-state index in [9.17, 15) is 13.2 Å². The molecule has 27 heavy (non-hydrogen) atoms. The first-order valence-electron chi connectivity index (χ1n) is 9.05. The van der Waals surface area contributed by atoms with Gasteiger partial charge in [-0.3, -0.25) is 9.10 Å². The second kappa shape index (κ2) is 7.00. The van der Waals surface area contributed by atoms with Crippen molar-refractivity contribution in [1.29, 1.82) is 0 Å². The molecule has 3 rings (SSSR count). The maximum atomic E-state index is 12.7. The van der Waals surface area contributed by atoms with Gasteiger partial charge in [-0.1, -0.05) is 51.1 Å². The zero-order chi connectivity index (χ0) is 19.8. The normalized spacial score (nSPS) is 17.3. The van der Waals surface area contributed by atoms with Crippen LogP contribution in [-0.4, -0.2) is 27.1 Å². The third-order valence-corrected chi connectivity index (χ3v) is 6.10. The van der Waals surface area contributed by atoms with Gasteiger partial charge in [0, 0.05) is 12.1 Å². The highest BCUT2D eigenvalue weighted by molar-refractivity contribution is 7.92. The van der Waals surface area contributed by atoms with E-state index in [1.807, 2.05) is 42.5 Å². The van der Waals surface area contributed by atoms with Crippen LogP contribution in [0.2, 0.25) is 0 Å². The Morgan fingerprint density at radius 1 is 1.07 bits per heavy atom. The summed E-state index contributed by atoms with van der Waals surface area (Å²) in [4.78, 5) is 12.7. The third-order valence-electron chi connectivity index (χ3n) is 4.92. The van der Waals surface area contributed by atoms with E-state index in [-0.39, 0.29) is 17.4 Å². The Morgan fingerprint density at radius 3 is 2.30 bits per heavy atom. The van der Waals surface area contributed by atoms with Gasteiger partial charge in [0.1, 0.15) is 0 Å². The van der Waals surface area contributed by atoms with Crippen molar-refractivity contribution in [3.8, 4) is 0 Å². The standard InChI is InChI=1S/C21H26N2O3S/c1-21(2,3)16-11-9-15(10-12-16)20(24)22-18-13-14-23(27(4,25)26)19-8-6-5-7-17(18)19/h5-12,18H,13-14H2,1-4H3,(H,22,24). The van der Waals surface area contributed by atoms with Crippen LogP contribution < -0.4 is 9.62 Å². The topological polar surface area (TPSA) is 66.5 Å². The summed E-state index contributed by atoms with van der Waals surface area (Å²) in [6.07, 6.45) is 1.75. The van der Waals surface area contributed by atoms with Crippen molar-refractivity contribution in [2.45, 2.75) is 38.6 Å². The lowest BCUT2D eigenvalue weighted by atomic mass is 9.86. The first-order valence-corrected chi connectivity index (χ1v) is 10.9. The van der Waals surface area contributed by atoms with Crippen molar-refractivity contribution in [3.63, 3.8) is 0 Å². The third kappa shape index (κ3) is 4.16. The smallest absolute Gasteiger partial charge is 0.251 e. The van der Waals surface area contributed by atoms with E-state index in [0.717, 1.165) is 5.56 Å².